The second-order valence-electron chi connectivity index (χ2n) is 6.19. The van der Waals surface area contributed by atoms with Gasteiger partial charge in [-0.15, -0.1) is 11.3 Å². The van der Waals surface area contributed by atoms with Gasteiger partial charge in [0.05, 0.1) is 5.39 Å². The number of piperazine rings is 1. The molecule has 3 heterocycles. The summed E-state index contributed by atoms with van der Waals surface area (Å²) in [5, 5.41) is 2.98. The van der Waals surface area contributed by atoms with Crippen molar-refractivity contribution < 1.29 is 18.0 Å². The lowest BCUT2D eigenvalue weighted by Gasteiger charge is -2.35. The van der Waals surface area contributed by atoms with Gasteiger partial charge in [-0.1, -0.05) is 0 Å². The molecule has 0 unspecified atom stereocenters. The van der Waals surface area contributed by atoms with E-state index in [2.05, 4.69) is 14.9 Å². The third-order valence-corrected chi connectivity index (χ3v) is 6.00. The van der Waals surface area contributed by atoms with Crippen molar-refractivity contribution in [3.05, 3.63) is 47.6 Å². The van der Waals surface area contributed by atoms with Gasteiger partial charge >= 0.3 is 5.51 Å². The van der Waals surface area contributed by atoms with Crippen LogP contribution >= 0.6 is 23.1 Å². The van der Waals surface area contributed by atoms with E-state index >= 15 is 0 Å². The van der Waals surface area contributed by atoms with Crippen LogP contribution in [0.3, 0.4) is 0 Å². The Morgan fingerprint density at radius 2 is 1.75 bits per heavy atom. The maximum Gasteiger partial charge on any atom is 0.446 e. The predicted octanol–water partition coefficient (Wildman–Crippen LogP) is 4.27. The summed E-state index contributed by atoms with van der Waals surface area (Å²) in [6.45, 7) is 2.31. The summed E-state index contributed by atoms with van der Waals surface area (Å²) in [5.41, 5.74) is -3.95. The van der Waals surface area contributed by atoms with Crippen LogP contribution in [0.4, 0.5) is 19.0 Å². The number of nitrogens with zero attached hydrogens (tertiary/aromatic N) is 4. The van der Waals surface area contributed by atoms with Gasteiger partial charge in [-0.3, -0.25) is 4.79 Å². The van der Waals surface area contributed by atoms with Gasteiger partial charge in [-0.2, -0.15) is 13.2 Å². The molecule has 1 saturated heterocycles. The number of fused-ring (bicyclic) bond motifs is 1. The number of anilines is 1. The first-order chi connectivity index (χ1) is 13.4. The first kappa shape index (κ1) is 19.0. The molecule has 146 valence electrons. The van der Waals surface area contributed by atoms with Gasteiger partial charge in [0.1, 0.15) is 17.0 Å². The number of rotatable bonds is 3. The molecule has 1 fully saturated rings. The number of carbonyl (C=O) groups excluding carboxylic acids is 1. The molecule has 1 aromatic carbocycles. The van der Waals surface area contributed by atoms with Crippen molar-refractivity contribution in [3.8, 4) is 0 Å². The smallest absolute Gasteiger partial charge is 0.352 e. The molecule has 0 bridgehead atoms. The minimum Gasteiger partial charge on any atom is -0.352 e. The Hall–Kier alpha value is -2.33. The van der Waals surface area contributed by atoms with Crippen LogP contribution in [0.15, 0.2) is 46.9 Å². The standard InChI is InChI=1S/C18H15F3N4OS2/c19-18(20,21)28-13-3-1-12(2-4-13)17(26)25-8-6-24(7-9-25)15-14-5-10-27-16(14)23-11-22-15/h1-5,10-11H,6-9H2. The van der Waals surface area contributed by atoms with Gasteiger partial charge in [0, 0.05) is 36.6 Å². The molecule has 1 amide bonds. The van der Waals surface area contributed by atoms with Crippen molar-refractivity contribution >= 4 is 45.0 Å². The van der Waals surface area contributed by atoms with E-state index in [1.807, 2.05) is 11.4 Å². The zero-order valence-electron chi connectivity index (χ0n) is 14.5. The first-order valence-electron chi connectivity index (χ1n) is 8.49. The maximum atomic E-state index is 12.7. The van der Waals surface area contributed by atoms with Gasteiger partial charge in [-0.25, -0.2) is 9.97 Å². The number of benzene rings is 1. The largest absolute Gasteiger partial charge is 0.446 e. The lowest BCUT2D eigenvalue weighted by atomic mass is 10.2. The second-order valence-corrected chi connectivity index (χ2v) is 8.22. The van der Waals surface area contributed by atoms with E-state index < -0.39 is 5.51 Å². The molecule has 0 atom stereocenters. The summed E-state index contributed by atoms with van der Waals surface area (Å²) < 4.78 is 37.3. The number of thiophene rings is 1. The number of aromatic nitrogens is 2. The highest BCUT2D eigenvalue weighted by Gasteiger charge is 2.29. The average molecular weight is 424 g/mol. The average Bonchev–Trinajstić information content (AvgIpc) is 3.16. The summed E-state index contributed by atoms with van der Waals surface area (Å²) in [7, 11) is 0. The lowest BCUT2D eigenvalue weighted by molar-refractivity contribution is -0.0328. The highest BCUT2D eigenvalue weighted by molar-refractivity contribution is 8.00. The number of hydrogen-bond donors (Lipinski definition) is 0. The number of hydrogen-bond acceptors (Lipinski definition) is 6. The van der Waals surface area contributed by atoms with Gasteiger partial charge < -0.3 is 9.80 Å². The summed E-state index contributed by atoms with van der Waals surface area (Å²) in [4.78, 5) is 26.2. The van der Waals surface area contributed by atoms with Crippen LogP contribution in [-0.4, -0.2) is 52.5 Å². The molecular weight excluding hydrogens is 409 g/mol. The molecule has 3 aromatic rings. The Morgan fingerprint density at radius 3 is 2.43 bits per heavy atom. The van der Waals surface area contributed by atoms with E-state index in [0.29, 0.717) is 31.7 Å². The topological polar surface area (TPSA) is 49.3 Å². The zero-order valence-corrected chi connectivity index (χ0v) is 16.2. The van der Waals surface area contributed by atoms with Crippen molar-refractivity contribution in [1.82, 2.24) is 14.9 Å². The number of thioether (sulfide) groups is 1. The SMILES string of the molecule is O=C(c1ccc(SC(F)(F)F)cc1)N1CCN(c2ncnc3sccc23)CC1. The first-order valence-corrected chi connectivity index (χ1v) is 10.2. The lowest BCUT2D eigenvalue weighted by Crippen LogP contribution is -2.49. The summed E-state index contributed by atoms with van der Waals surface area (Å²) in [6, 6.07) is 7.54. The summed E-state index contributed by atoms with van der Waals surface area (Å²) >= 11 is 1.37. The monoisotopic (exact) mass is 424 g/mol. The number of halogens is 3. The minimum atomic E-state index is -4.34. The molecule has 0 spiro atoms. The third kappa shape index (κ3) is 4.07. The van der Waals surface area contributed by atoms with Crippen LogP contribution < -0.4 is 4.90 Å². The van der Waals surface area contributed by atoms with E-state index in [1.54, 1.807) is 22.6 Å². The number of carbonyl (C=O) groups is 1. The molecule has 28 heavy (non-hydrogen) atoms. The van der Waals surface area contributed by atoms with Crippen LogP contribution in [0, 0.1) is 0 Å². The van der Waals surface area contributed by atoms with E-state index in [9.17, 15) is 18.0 Å². The van der Waals surface area contributed by atoms with Gasteiger partial charge in [0.2, 0.25) is 0 Å². The fraction of sp³-hybridized carbons (Fsp3) is 0.278. The third-order valence-electron chi connectivity index (χ3n) is 4.44. The quantitative estimate of drug-likeness (QED) is 0.588. The fourth-order valence-electron chi connectivity index (χ4n) is 3.13. The zero-order chi connectivity index (χ0) is 19.7. The van der Waals surface area contributed by atoms with Crippen LogP contribution in [-0.2, 0) is 0 Å². The molecule has 0 aliphatic carbocycles. The Bertz CT molecular complexity index is 982. The molecule has 0 N–H and O–H groups in total. The normalized spacial score (nSPS) is 15.2. The molecule has 2 aromatic heterocycles. The number of alkyl halides is 3. The van der Waals surface area contributed by atoms with E-state index in [4.69, 9.17) is 0 Å². The highest BCUT2D eigenvalue weighted by Crippen LogP contribution is 2.36. The molecule has 1 aliphatic heterocycles. The Balaban J connectivity index is 1.41. The molecular formula is C18H15F3N4OS2. The van der Waals surface area contributed by atoms with Crippen LogP contribution in [0.5, 0.6) is 0 Å². The van der Waals surface area contributed by atoms with E-state index in [-0.39, 0.29) is 22.6 Å². The highest BCUT2D eigenvalue weighted by atomic mass is 32.2. The number of amides is 1. The van der Waals surface area contributed by atoms with Crippen LogP contribution in [0.1, 0.15) is 10.4 Å². The van der Waals surface area contributed by atoms with Gasteiger partial charge in [-0.05, 0) is 47.5 Å². The van der Waals surface area contributed by atoms with E-state index in [0.717, 1.165) is 16.0 Å². The van der Waals surface area contributed by atoms with Crippen molar-refractivity contribution in [2.45, 2.75) is 10.4 Å². The van der Waals surface area contributed by atoms with Crippen molar-refractivity contribution in [1.29, 1.82) is 0 Å². The predicted molar refractivity (Wildman–Crippen MR) is 104 cm³/mol. The Labute approximate surface area is 167 Å². The van der Waals surface area contributed by atoms with Gasteiger partial charge in [0.15, 0.2) is 0 Å². The molecule has 0 radical (unpaired) electrons. The summed E-state index contributed by atoms with van der Waals surface area (Å²) in [6.07, 6.45) is 1.55. The Kier molecular flexibility index (Phi) is 5.15. The van der Waals surface area contributed by atoms with Crippen LogP contribution in [0.25, 0.3) is 10.2 Å². The summed E-state index contributed by atoms with van der Waals surface area (Å²) in [5.74, 6) is 0.693. The minimum absolute atomic E-state index is 0.0670. The molecule has 0 saturated carbocycles. The van der Waals surface area contributed by atoms with Crippen LogP contribution in [0.2, 0.25) is 0 Å². The fourth-order valence-corrected chi connectivity index (χ4v) is 4.40. The Morgan fingerprint density at radius 1 is 1.04 bits per heavy atom. The molecule has 4 rings (SSSR count). The van der Waals surface area contributed by atoms with Crippen molar-refractivity contribution in [2.24, 2.45) is 0 Å². The maximum absolute atomic E-state index is 12.7. The molecule has 10 heteroatoms. The molecule has 5 nitrogen and oxygen atoms in total. The molecule has 1 aliphatic rings. The van der Waals surface area contributed by atoms with Crippen molar-refractivity contribution in [3.63, 3.8) is 0 Å². The second kappa shape index (κ2) is 7.59. The van der Waals surface area contributed by atoms with Crippen molar-refractivity contribution in [2.75, 3.05) is 31.1 Å². The van der Waals surface area contributed by atoms with E-state index in [1.165, 1.54) is 24.3 Å². The van der Waals surface area contributed by atoms with Gasteiger partial charge in [0.25, 0.3) is 5.91 Å².